The van der Waals surface area contributed by atoms with Gasteiger partial charge in [-0.15, -0.1) is 0 Å². The molecule has 0 saturated heterocycles. The SMILES string of the molecule is C=CC(=O)OCCOC1=CCC(O)(C(=O)c2ccccc2)C=C1. The number of rotatable bonds is 7. The Morgan fingerprint density at radius 1 is 1.26 bits per heavy atom. The van der Waals surface area contributed by atoms with Crippen LogP contribution in [0.25, 0.3) is 0 Å². The van der Waals surface area contributed by atoms with Gasteiger partial charge in [0, 0.05) is 18.1 Å². The summed E-state index contributed by atoms with van der Waals surface area (Å²) < 4.78 is 10.2. The first-order valence-electron chi connectivity index (χ1n) is 7.19. The smallest absolute Gasteiger partial charge is 0.330 e. The Hall–Kier alpha value is -2.66. The molecule has 0 saturated carbocycles. The van der Waals surface area contributed by atoms with Gasteiger partial charge in [0.2, 0.25) is 0 Å². The van der Waals surface area contributed by atoms with Crippen molar-refractivity contribution in [2.24, 2.45) is 0 Å². The van der Waals surface area contributed by atoms with Crippen LogP contribution in [0.3, 0.4) is 0 Å². The summed E-state index contributed by atoms with van der Waals surface area (Å²) in [6.45, 7) is 3.57. The first kappa shape index (κ1) is 16.7. The number of hydrogen-bond acceptors (Lipinski definition) is 5. The third-order valence-corrected chi connectivity index (χ3v) is 3.33. The van der Waals surface area contributed by atoms with Crippen LogP contribution in [0, 0.1) is 0 Å². The van der Waals surface area contributed by atoms with E-state index in [-0.39, 0.29) is 25.4 Å². The molecule has 120 valence electrons. The molecule has 1 aliphatic carbocycles. The average molecular weight is 314 g/mol. The van der Waals surface area contributed by atoms with E-state index < -0.39 is 11.6 Å². The maximum absolute atomic E-state index is 12.4. The molecular formula is C18H18O5. The lowest BCUT2D eigenvalue weighted by molar-refractivity contribution is -0.138. The Morgan fingerprint density at radius 3 is 2.61 bits per heavy atom. The predicted molar refractivity (Wildman–Crippen MR) is 84.7 cm³/mol. The van der Waals surface area contributed by atoms with Crippen molar-refractivity contribution in [3.8, 4) is 0 Å². The minimum Gasteiger partial charge on any atom is -0.490 e. The molecular weight excluding hydrogens is 296 g/mol. The van der Waals surface area contributed by atoms with Crippen LogP contribution in [0.15, 0.2) is 67.0 Å². The first-order valence-corrected chi connectivity index (χ1v) is 7.19. The maximum atomic E-state index is 12.4. The molecule has 0 bridgehead atoms. The number of ether oxygens (including phenoxy) is 2. The second kappa shape index (κ2) is 7.56. The molecule has 0 aromatic heterocycles. The molecule has 1 N–H and O–H groups in total. The van der Waals surface area contributed by atoms with Gasteiger partial charge >= 0.3 is 5.97 Å². The molecule has 5 heteroatoms. The van der Waals surface area contributed by atoms with Gasteiger partial charge in [-0.3, -0.25) is 4.79 Å². The van der Waals surface area contributed by atoms with Crippen LogP contribution in [0.1, 0.15) is 16.8 Å². The van der Waals surface area contributed by atoms with Gasteiger partial charge in [0.25, 0.3) is 0 Å². The van der Waals surface area contributed by atoms with E-state index in [0.29, 0.717) is 11.3 Å². The van der Waals surface area contributed by atoms with Gasteiger partial charge in [0.15, 0.2) is 5.78 Å². The standard InChI is InChI=1S/C18H18O5/c1-2-16(19)23-13-12-22-15-8-10-18(21,11-9-15)17(20)14-6-4-3-5-7-14/h2-10,21H,1,11-13H2. The summed E-state index contributed by atoms with van der Waals surface area (Å²) in [6.07, 6.45) is 5.80. The Labute approximate surface area is 134 Å². The summed E-state index contributed by atoms with van der Waals surface area (Å²) in [5.74, 6) is -0.348. The molecule has 1 atom stereocenters. The van der Waals surface area contributed by atoms with Crippen LogP contribution < -0.4 is 0 Å². The van der Waals surface area contributed by atoms with Crippen molar-refractivity contribution < 1.29 is 24.2 Å². The number of hydrogen-bond donors (Lipinski definition) is 1. The summed E-state index contributed by atoms with van der Waals surface area (Å²) in [7, 11) is 0. The third kappa shape index (κ3) is 4.40. The minimum atomic E-state index is -1.57. The molecule has 23 heavy (non-hydrogen) atoms. The lowest BCUT2D eigenvalue weighted by atomic mass is 9.87. The molecule has 1 aliphatic rings. The van der Waals surface area contributed by atoms with Crippen molar-refractivity contribution in [3.05, 3.63) is 72.5 Å². The summed E-state index contributed by atoms with van der Waals surface area (Å²) >= 11 is 0. The molecule has 0 amide bonds. The van der Waals surface area contributed by atoms with Gasteiger partial charge in [-0.2, -0.15) is 0 Å². The van der Waals surface area contributed by atoms with Crippen LogP contribution >= 0.6 is 0 Å². The number of ketones is 1. The minimum absolute atomic E-state index is 0.100. The van der Waals surface area contributed by atoms with Crippen LogP contribution in [-0.4, -0.2) is 35.7 Å². The van der Waals surface area contributed by atoms with E-state index in [2.05, 4.69) is 6.58 Å². The molecule has 1 aromatic rings. The Balaban J connectivity index is 1.88. The third-order valence-electron chi connectivity index (χ3n) is 3.33. The highest BCUT2D eigenvalue weighted by atomic mass is 16.6. The second-order valence-electron chi connectivity index (χ2n) is 4.98. The molecule has 0 radical (unpaired) electrons. The predicted octanol–water partition coefficient (Wildman–Crippen LogP) is 2.19. The van der Waals surface area contributed by atoms with Gasteiger partial charge in [0.1, 0.15) is 24.6 Å². The van der Waals surface area contributed by atoms with Gasteiger partial charge < -0.3 is 14.6 Å². The second-order valence-corrected chi connectivity index (χ2v) is 4.98. The van der Waals surface area contributed by atoms with E-state index in [0.717, 1.165) is 6.08 Å². The first-order chi connectivity index (χ1) is 11.0. The topological polar surface area (TPSA) is 72.8 Å². The summed E-state index contributed by atoms with van der Waals surface area (Å²) in [4.78, 5) is 23.2. The van der Waals surface area contributed by atoms with E-state index in [1.54, 1.807) is 36.4 Å². The highest BCUT2D eigenvalue weighted by Gasteiger charge is 2.34. The molecule has 0 spiro atoms. The number of Topliss-reactive ketones (excluding diaryl/α,β-unsaturated/α-hetero) is 1. The number of esters is 1. The zero-order chi connectivity index (χ0) is 16.7. The molecule has 1 unspecified atom stereocenters. The van der Waals surface area contributed by atoms with Crippen LogP contribution in [-0.2, 0) is 14.3 Å². The Kier molecular flexibility index (Phi) is 5.49. The number of carbonyl (C=O) groups excluding carboxylic acids is 2. The van der Waals surface area contributed by atoms with Crippen LogP contribution in [0.5, 0.6) is 0 Å². The zero-order valence-corrected chi connectivity index (χ0v) is 12.6. The number of benzene rings is 1. The summed E-state index contributed by atoms with van der Waals surface area (Å²) in [6, 6.07) is 8.63. The Morgan fingerprint density at radius 2 is 2.00 bits per heavy atom. The van der Waals surface area contributed by atoms with Crippen molar-refractivity contribution in [3.63, 3.8) is 0 Å². The normalized spacial score (nSPS) is 19.6. The summed E-state index contributed by atoms with van der Waals surface area (Å²) in [5.41, 5.74) is -1.11. The maximum Gasteiger partial charge on any atom is 0.330 e. The fourth-order valence-corrected chi connectivity index (χ4v) is 2.09. The fourth-order valence-electron chi connectivity index (χ4n) is 2.09. The fraction of sp³-hybridized carbons (Fsp3) is 0.222. The Bertz CT molecular complexity index is 645. The van der Waals surface area contributed by atoms with E-state index in [1.807, 2.05) is 6.07 Å². The number of allylic oxidation sites excluding steroid dienone is 1. The monoisotopic (exact) mass is 314 g/mol. The lowest BCUT2D eigenvalue weighted by Crippen LogP contribution is -2.37. The molecule has 0 fully saturated rings. The average Bonchev–Trinajstić information content (AvgIpc) is 2.60. The van der Waals surface area contributed by atoms with Gasteiger partial charge in [-0.05, 0) is 18.2 Å². The van der Waals surface area contributed by atoms with E-state index in [4.69, 9.17) is 9.47 Å². The van der Waals surface area contributed by atoms with Gasteiger partial charge in [-0.25, -0.2) is 4.79 Å². The number of carbonyl (C=O) groups is 2. The molecule has 1 aromatic carbocycles. The summed E-state index contributed by atoms with van der Waals surface area (Å²) in [5, 5.41) is 10.5. The molecule has 5 nitrogen and oxygen atoms in total. The van der Waals surface area contributed by atoms with Crippen LogP contribution in [0.4, 0.5) is 0 Å². The largest absolute Gasteiger partial charge is 0.490 e. The number of aliphatic hydroxyl groups is 1. The quantitative estimate of drug-likeness (QED) is 0.361. The van der Waals surface area contributed by atoms with Gasteiger partial charge in [0.05, 0.1) is 0 Å². The van der Waals surface area contributed by atoms with E-state index in [9.17, 15) is 14.7 Å². The van der Waals surface area contributed by atoms with Crippen molar-refractivity contribution in [2.75, 3.05) is 13.2 Å². The molecule has 0 aliphatic heterocycles. The lowest BCUT2D eigenvalue weighted by Gasteiger charge is -2.25. The van der Waals surface area contributed by atoms with E-state index >= 15 is 0 Å². The van der Waals surface area contributed by atoms with E-state index in [1.165, 1.54) is 6.08 Å². The van der Waals surface area contributed by atoms with Crippen molar-refractivity contribution in [1.82, 2.24) is 0 Å². The van der Waals surface area contributed by atoms with Crippen LogP contribution in [0.2, 0.25) is 0 Å². The highest BCUT2D eigenvalue weighted by Crippen LogP contribution is 2.25. The zero-order valence-electron chi connectivity index (χ0n) is 12.6. The van der Waals surface area contributed by atoms with Gasteiger partial charge in [-0.1, -0.05) is 36.9 Å². The van der Waals surface area contributed by atoms with Crippen molar-refractivity contribution in [2.45, 2.75) is 12.0 Å². The highest BCUT2D eigenvalue weighted by molar-refractivity contribution is 6.04. The molecule has 0 heterocycles. The molecule has 2 rings (SSSR count). The van der Waals surface area contributed by atoms with Crippen molar-refractivity contribution >= 4 is 11.8 Å². The van der Waals surface area contributed by atoms with Crippen molar-refractivity contribution in [1.29, 1.82) is 0 Å².